The van der Waals surface area contributed by atoms with Gasteiger partial charge in [0.05, 0.1) is 22.6 Å². The Labute approximate surface area is 183 Å². The molecular formula is C24H24F2N4O2. The third-order valence-corrected chi connectivity index (χ3v) is 6.79. The molecule has 166 valence electrons. The van der Waals surface area contributed by atoms with Gasteiger partial charge in [-0.2, -0.15) is 5.10 Å². The number of carboxylic acids is 1. The van der Waals surface area contributed by atoms with Gasteiger partial charge in [-0.3, -0.25) is 9.89 Å². The summed E-state index contributed by atoms with van der Waals surface area (Å²) in [5.74, 6) is -2.58. The van der Waals surface area contributed by atoms with E-state index in [0.717, 1.165) is 40.2 Å². The van der Waals surface area contributed by atoms with Crippen LogP contribution in [0.15, 0.2) is 30.5 Å². The van der Waals surface area contributed by atoms with Crippen molar-refractivity contribution in [2.75, 3.05) is 0 Å². The number of rotatable bonds is 4. The summed E-state index contributed by atoms with van der Waals surface area (Å²) in [6.07, 6.45) is 3.48. The van der Waals surface area contributed by atoms with Gasteiger partial charge >= 0.3 is 5.97 Å². The van der Waals surface area contributed by atoms with Crippen LogP contribution in [0.4, 0.5) is 8.78 Å². The second-order valence-corrected chi connectivity index (χ2v) is 9.36. The molecule has 0 bridgehead atoms. The van der Waals surface area contributed by atoms with E-state index in [2.05, 4.69) is 10.2 Å². The molecule has 5 rings (SSSR count). The number of nitrogens with one attached hydrogen (secondary N) is 1. The Morgan fingerprint density at radius 1 is 1.28 bits per heavy atom. The lowest BCUT2D eigenvalue weighted by Crippen LogP contribution is -2.23. The van der Waals surface area contributed by atoms with Crippen molar-refractivity contribution in [3.05, 3.63) is 53.4 Å². The first-order valence-corrected chi connectivity index (χ1v) is 10.8. The van der Waals surface area contributed by atoms with Crippen molar-refractivity contribution in [2.24, 2.45) is 5.41 Å². The summed E-state index contributed by atoms with van der Waals surface area (Å²) in [6.45, 7) is 5.89. The number of aromatic amines is 1. The van der Waals surface area contributed by atoms with E-state index in [9.17, 15) is 18.7 Å². The summed E-state index contributed by atoms with van der Waals surface area (Å²) in [4.78, 5) is 16.8. The first kappa shape index (κ1) is 20.6. The number of aliphatic carboxylic acids is 1. The molecule has 3 aromatic heterocycles. The van der Waals surface area contributed by atoms with Gasteiger partial charge in [-0.1, -0.05) is 13.8 Å². The lowest BCUT2D eigenvalue weighted by Gasteiger charge is -2.20. The van der Waals surface area contributed by atoms with Gasteiger partial charge in [0, 0.05) is 28.4 Å². The molecule has 8 heteroatoms. The smallest absolute Gasteiger partial charge is 0.309 e. The maximum absolute atomic E-state index is 14.2. The summed E-state index contributed by atoms with van der Waals surface area (Å²) in [5, 5.41) is 17.6. The number of pyridine rings is 1. The lowest BCUT2D eigenvalue weighted by molar-refractivity contribution is -0.147. The highest BCUT2D eigenvalue weighted by molar-refractivity contribution is 5.94. The molecule has 0 amide bonds. The van der Waals surface area contributed by atoms with Gasteiger partial charge in [0.25, 0.3) is 0 Å². The molecule has 0 aliphatic heterocycles. The third kappa shape index (κ3) is 3.00. The van der Waals surface area contributed by atoms with Crippen molar-refractivity contribution in [1.29, 1.82) is 0 Å². The van der Waals surface area contributed by atoms with Gasteiger partial charge in [-0.15, -0.1) is 0 Å². The van der Waals surface area contributed by atoms with Crippen molar-refractivity contribution in [3.63, 3.8) is 0 Å². The summed E-state index contributed by atoms with van der Waals surface area (Å²) in [7, 11) is 0. The summed E-state index contributed by atoms with van der Waals surface area (Å²) in [6, 6.07) is 5.83. The number of nitrogens with zero attached hydrogens (tertiary/aromatic N) is 3. The monoisotopic (exact) mass is 438 g/mol. The minimum Gasteiger partial charge on any atom is -0.481 e. The van der Waals surface area contributed by atoms with Crippen LogP contribution in [0.1, 0.15) is 63.1 Å². The van der Waals surface area contributed by atoms with Crippen LogP contribution < -0.4 is 0 Å². The average Bonchev–Trinajstić information content (AvgIpc) is 3.43. The Balaban J connectivity index is 1.84. The van der Waals surface area contributed by atoms with Gasteiger partial charge in [0.2, 0.25) is 0 Å². The van der Waals surface area contributed by atoms with Gasteiger partial charge in [0.1, 0.15) is 0 Å². The van der Waals surface area contributed by atoms with Crippen LogP contribution in [-0.4, -0.2) is 30.8 Å². The molecule has 2 N–H and O–H groups in total. The van der Waals surface area contributed by atoms with E-state index in [1.807, 2.05) is 24.5 Å². The fraction of sp³-hybridized carbons (Fsp3) is 0.375. The Hall–Kier alpha value is -3.29. The molecule has 0 saturated heterocycles. The molecule has 3 heterocycles. The zero-order chi connectivity index (χ0) is 22.8. The van der Waals surface area contributed by atoms with Crippen LogP contribution in [-0.2, 0) is 4.79 Å². The van der Waals surface area contributed by atoms with Crippen LogP contribution in [0, 0.1) is 17.0 Å². The molecule has 6 nitrogen and oxygen atoms in total. The number of hydrogen-bond acceptors (Lipinski definition) is 3. The van der Waals surface area contributed by atoms with Crippen LogP contribution in [0.2, 0.25) is 0 Å². The average molecular weight is 438 g/mol. The molecule has 2 atom stereocenters. The number of H-pyrrole nitrogens is 1. The summed E-state index contributed by atoms with van der Waals surface area (Å²) < 4.78 is 29.9. The molecule has 1 aliphatic rings. The van der Waals surface area contributed by atoms with Crippen LogP contribution in [0.25, 0.3) is 27.8 Å². The molecule has 1 aliphatic carbocycles. The van der Waals surface area contributed by atoms with E-state index in [1.165, 1.54) is 6.07 Å². The lowest BCUT2D eigenvalue weighted by atomic mass is 9.85. The number of carbonyl (C=O) groups is 1. The maximum atomic E-state index is 14.2. The van der Waals surface area contributed by atoms with Gasteiger partial charge in [0.15, 0.2) is 17.3 Å². The highest BCUT2D eigenvalue weighted by atomic mass is 19.2. The van der Waals surface area contributed by atoms with Crippen LogP contribution in [0.5, 0.6) is 0 Å². The van der Waals surface area contributed by atoms with E-state index in [-0.39, 0.29) is 11.8 Å². The standard InChI is InChI=1S/C24H24F2N4O2/c1-12(2)21-19(13-6-7-24(3,10-13)23(31)32)20-18(8-14-11-27-29-22(14)28-20)30(21)15-4-5-16(25)17(26)9-15/h4-5,8-9,11-13H,6-7,10H2,1-3H3,(H,31,32)(H,27,28,29)/t13?,24-/m1/s1. The van der Waals surface area contributed by atoms with Crippen LogP contribution >= 0.6 is 0 Å². The second kappa shape index (κ2) is 7.12. The molecular weight excluding hydrogens is 414 g/mol. The Morgan fingerprint density at radius 3 is 2.72 bits per heavy atom. The highest BCUT2D eigenvalue weighted by Crippen LogP contribution is 2.51. The van der Waals surface area contributed by atoms with Crippen molar-refractivity contribution in [1.82, 2.24) is 19.7 Å². The zero-order valence-electron chi connectivity index (χ0n) is 18.1. The van der Waals surface area contributed by atoms with Crippen molar-refractivity contribution < 1.29 is 18.7 Å². The van der Waals surface area contributed by atoms with Crippen molar-refractivity contribution in [2.45, 2.75) is 51.9 Å². The minimum absolute atomic E-state index is 0.00424. The van der Waals surface area contributed by atoms with E-state index < -0.39 is 23.0 Å². The summed E-state index contributed by atoms with van der Waals surface area (Å²) in [5.41, 5.74) is 3.79. The number of fused-ring (bicyclic) bond motifs is 2. The predicted octanol–water partition coefficient (Wildman–Crippen LogP) is 5.66. The fourth-order valence-electron chi connectivity index (χ4n) is 5.16. The number of aromatic nitrogens is 4. The van der Waals surface area contributed by atoms with Crippen molar-refractivity contribution in [3.8, 4) is 5.69 Å². The van der Waals surface area contributed by atoms with Crippen LogP contribution in [0.3, 0.4) is 0 Å². The molecule has 0 radical (unpaired) electrons. The predicted molar refractivity (Wildman–Crippen MR) is 117 cm³/mol. The molecule has 0 spiro atoms. The quantitative estimate of drug-likeness (QED) is 0.431. The van der Waals surface area contributed by atoms with Gasteiger partial charge < -0.3 is 9.67 Å². The largest absolute Gasteiger partial charge is 0.481 e. The second-order valence-electron chi connectivity index (χ2n) is 9.36. The number of benzene rings is 1. The zero-order valence-corrected chi connectivity index (χ0v) is 18.1. The number of halogens is 2. The van der Waals surface area contributed by atoms with E-state index in [1.54, 1.807) is 19.2 Å². The Bertz CT molecular complexity index is 1370. The van der Waals surface area contributed by atoms with E-state index >= 15 is 0 Å². The normalized spacial score (nSPS) is 21.2. The topological polar surface area (TPSA) is 83.8 Å². The third-order valence-electron chi connectivity index (χ3n) is 6.79. The SMILES string of the molecule is CC(C)c1c(C2CC[C@@](C)(C(=O)O)C2)c2nc3[nH]ncc3cc2n1-c1ccc(F)c(F)c1. The minimum atomic E-state index is -0.919. The van der Waals surface area contributed by atoms with E-state index in [0.29, 0.717) is 24.2 Å². The maximum Gasteiger partial charge on any atom is 0.309 e. The molecule has 1 saturated carbocycles. The summed E-state index contributed by atoms with van der Waals surface area (Å²) >= 11 is 0. The molecule has 1 unspecified atom stereocenters. The molecule has 1 aromatic carbocycles. The highest BCUT2D eigenvalue weighted by Gasteiger charge is 2.44. The number of hydrogen-bond donors (Lipinski definition) is 2. The fourth-order valence-corrected chi connectivity index (χ4v) is 5.16. The van der Waals surface area contributed by atoms with Gasteiger partial charge in [-0.25, -0.2) is 13.8 Å². The molecule has 1 fully saturated rings. The van der Waals surface area contributed by atoms with Crippen molar-refractivity contribution >= 4 is 28.0 Å². The molecule has 4 aromatic rings. The Morgan fingerprint density at radius 2 is 2.06 bits per heavy atom. The Kier molecular flexibility index (Phi) is 4.58. The van der Waals surface area contributed by atoms with E-state index in [4.69, 9.17) is 4.98 Å². The number of carboxylic acid groups (broad SMARTS) is 1. The molecule has 32 heavy (non-hydrogen) atoms. The first-order chi connectivity index (χ1) is 15.2. The first-order valence-electron chi connectivity index (χ1n) is 10.8. The van der Waals surface area contributed by atoms with Gasteiger partial charge in [-0.05, 0) is 56.2 Å².